The molecule has 0 saturated heterocycles. The van der Waals surface area contributed by atoms with Crippen molar-refractivity contribution in [1.29, 1.82) is 0 Å². The quantitative estimate of drug-likeness (QED) is 0.772. The molecule has 0 spiro atoms. The molecular formula is C16H11Cl2N3O2. The summed E-state index contributed by atoms with van der Waals surface area (Å²) in [5.41, 5.74) is 2.96. The van der Waals surface area contributed by atoms with Gasteiger partial charge in [0.15, 0.2) is 0 Å². The zero-order chi connectivity index (χ0) is 16.6. The Morgan fingerprint density at radius 3 is 2.65 bits per heavy atom. The number of para-hydroxylation sites is 1. The van der Waals surface area contributed by atoms with E-state index in [-0.39, 0.29) is 16.1 Å². The molecule has 2 aromatic carbocycles. The van der Waals surface area contributed by atoms with Gasteiger partial charge >= 0.3 is 0 Å². The van der Waals surface area contributed by atoms with E-state index in [4.69, 9.17) is 23.2 Å². The summed E-state index contributed by atoms with van der Waals surface area (Å²) in [4.78, 5) is 29.2. The zero-order valence-corrected chi connectivity index (χ0v) is 13.5. The summed E-state index contributed by atoms with van der Waals surface area (Å²) in [5, 5.41) is 1.04. The molecule has 0 aliphatic heterocycles. The number of carbonyl (C=O) groups excluding carboxylic acids is 1. The van der Waals surface area contributed by atoms with Crippen LogP contribution in [0.5, 0.6) is 0 Å². The number of aromatic nitrogens is 2. The average Bonchev–Trinajstić information content (AvgIpc) is 2.51. The van der Waals surface area contributed by atoms with E-state index in [1.54, 1.807) is 37.3 Å². The molecule has 3 rings (SSSR count). The summed E-state index contributed by atoms with van der Waals surface area (Å²) in [6.45, 7) is 1.64. The fourth-order valence-electron chi connectivity index (χ4n) is 2.21. The monoisotopic (exact) mass is 347 g/mol. The van der Waals surface area contributed by atoms with Crippen LogP contribution in [0.3, 0.4) is 0 Å². The van der Waals surface area contributed by atoms with Crippen LogP contribution in [-0.4, -0.2) is 15.6 Å². The Morgan fingerprint density at radius 2 is 1.91 bits per heavy atom. The lowest BCUT2D eigenvalue weighted by Crippen LogP contribution is -2.35. The van der Waals surface area contributed by atoms with Crippen molar-refractivity contribution in [3.8, 4) is 0 Å². The molecule has 0 saturated carbocycles. The molecule has 0 unspecified atom stereocenters. The normalized spacial score (nSPS) is 10.7. The van der Waals surface area contributed by atoms with Crippen molar-refractivity contribution < 1.29 is 4.79 Å². The lowest BCUT2D eigenvalue weighted by molar-refractivity contribution is 0.101. The van der Waals surface area contributed by atoms with Crippen LogP contribution in [-0.2, 0) is 0 Å². The van der Waals surface area contributed by atoms with Crippen LogP contribution in [0.25, 0.3) is 10.9 Å². The summed E-state index contributed by atoms with van der Waals surface area (Å²) >= 11 is 11.8. The molecule has 116 valence electrons. The minimum Gasteiger partial charge on any atom is -0.267 e. The Morgan fingerprint density at radius 1 is 1.17 bits per heavy atom. The van der Waals surface area contributed by atoms with Gasteiger partial charge in [-0.15, -0.1) is 0 Å². The number of aryl methyl sites for hydroxylation is 1. The van der Waals surface area contributed by atoms with Crippen molar-refractivity contribution in [3.63, 3.8) is 0 Å². The van der Waals surface area contributed by atoms with Gasteiger partial charge in [0.25, 0.3) is 11.5 Å². The highest BCUT2D eigenvalue weighted by molar-refractivity contribution is 6.37. The fraction of sp³-hybridized carbons (Fsp3) is 0.0625. The fourth-order valence-corrected chi connectivity index (χ4v) is 2.71. The Kier molecular flexibility index (Phi) is 4.07. The van der Waals surface area contributed by atoms with E-state index >= 15 is 0 Å². The highest BCUT2D eigenvalue weighted by atomic mass is 35.5. The highest BCUT2D eigenvalue weighted by Crippen LogP contribution is 2.21. The van der Waals surface area contributed by atoms with Gasteiger partial charge < -0.3 is 0 Å². The number of fused-ring (bicyclic) bond motifs is 1. The van der Waals surface area contributed by atoms with Gasteiger partial charge in [0.05, 0.1) is 21.5 Å². The van der Waals surface area contributed by atoms with Crippen LogP contribution < -0.4 is 11.0 Å². The van der Waals surface area contributed by atoms with Crippen LogP contribution in [0.15, 0.2) is 47.3 Å². The van der Waals surface area contributed by atoms with Crippen molar-refractivity contribution in [2.75, 3.05) is 5.43 Å². The summed E-state index contributed by atoms with van der Waals surface area (Å²) in [6.07, 6.45) is 0. The number of hydrogen-bond donors (Lipinski definition) is 1. The first-order valence-electron chi connectivity index (χ1n) is 6.72. The topological polar surface area (TPSA) is 64.0 Å². The Hall–Kier alpha value is -2.37. The van der Waals surface area contributed by atoms with E-state index in [0.717, 1.165) is 4.68 Å². The minimum atomic E-state index is -0.519. The molecule has 0 aliphatic carbocycles. The molecule has 0 aliphatic rings. The lowest BCUT2D eigenvalue weighted by Gasteiger charge is -2.12. The molecule has 23 heavy (non-hydrogen) atoms. The Balaban J connectivity index is 2.04. The number of nitrogens with zero attached hydrogens (tertiary/aromatic N) is 2. The second-order valence-electron chi connectivity index (χ2n) is 4.88. The number of rotatable bonds is 2. The second kappa shape index (κ2) is 6.02. The number of carbonyl (C=O) groups is 1. The van der Waals surface area contributed by atoms with Gasteiger partial charge in [-0.2, -0.15) is 0 Å². The SMILES string of the molecule is Cc1nc2ccccc2c(=O)n1NC(=O)c1ccc(Cl)cc1Cl. The van der Waals surface area contributed by atoms with E-state index in [1.807, 2.05) is 0 Å². The molecule has 1 N–H and O–H groups in total. The number of benzene rings is 2. The van der Waals surface area contributed by atoms with Crippen LogP contribution in [0.4, 0.5) is 0 Å². The summed E-state index contributed by atoms with van der Waals surface area (Å²) in [7, 11) is 0. The molecule has 1 aromatic heterocycles. The van der Waals surface area contributed by atoms with Crippen LogP contribution >= 0.6 is 23.2 Å². The van der Waals surface area contributed by atoms with Crippen LogP contribution in [0.2, 0.25) is 10.0 Å². The first-order valence-corrected chi connectivity index (χ1v) is 7.48. The first kappa shape index (κ1) is 15.5. The number of amides is 1. The van der Waals surface area contributed by atoms with Crippen molar-refractivity contribution in [2.45, 2.75) is 6.92 Å². The van der Waals surface area contributed by atoms with Gasteiger partial charge in [0.1, 0.15) is 5.82 Å². The summed E-state index contributed by atoms with van der Waals surface area (Å²) in [5.74, 6) is -0.152. The maximum absolute atomic E-state index is 12.5. The lowest BCUT2D eigenvalue weighted by atomic mass is 10.2. The van der Waals surface area contributed by atoms with E-state index in [0.29, 0.717) is 21.7 Å². The number of nitrogens with one attached hydrogen (secondary N) is 1. The van der Waals surface area contributed by atoms with Crippen molar-refractivity contribution in [3.05, 3.63) is 74.3 Å². The van der Waals surface area contributed by atoms with E-state index in [1.165, 1.54) is 12.1 Å². The predicted octanol–water partition coefficient (Wildman–Crippen LogP) is 3.40. The predicted molar refractivity (Wildman–Crippen MR) is 90.9 cm³/mol. The van der Waals surface area contributed by atoms with E-state index in [9.17, 15) is 9.59 Å². The third kappa shape index (κ3) is 2.93. The molecule has 0 bridgehead atoms. The van der Waals surface area contributed by atoms with Crippen LogP contribution in [0, 0.1) is 6.92 Å². The maximum atomic E-state index is 12.5. The van der Waals surface area contributed by atoms with Crippen molar-refractivity contribution in [1.82, 2.24) is 9.66 Å². The zero-order valence-electron chi connectivity index (χ0n) is 12.0. The molecule has 3 aromatic rings. The smallest absolute Gasteiger partial charge is 0.267 e. The molecule has 5 nitrogen and oxygen atoms in total. The summed E-state index contributed by atoms with van der Waals surface area (Å²) < 4.78 is 1.11. The Bertz CT molecular complexity index is 983. The van der Waals surface area contributed by atoms with Gasteiger partial charge in [0, 0.05) is 5.02 Å². The molecule has 0 fully saturated rings. The molecule has 7 heteroatoms. The maximum Gasteiger partial charge on any atom is 0.280 e. The van der Waals surface area contributed by atoms with Crippen LogP contribution in [0.1, 0.15) is 16.2 Å². The second-order valence-corrected chi connectivity index (χ2v) is 5.73. The van der Waals surface area contributed by atoms with E-state index in [2.05, 4.69) is 10.4 Å². The van der Waals surface area contributed by atoms with E-state index < -0.39 is 5.91 Å². The highest BCUT2D eigenvalue weighted by Gasteiger charge is 2.14. The molecule has 1 heterocycles. The van der Waals surface area contributed by atoms with Crippen molar-refractivity contribution in [2.24, 2.45) is 0 Å². The van der Waals surface area contributed by atoms with Gasteiger partial charge in [-0.3, -0.25) is 15.0 Å². The number of hydrogen-bond acceptors (Lipinski definition) is 3. The minimum absolute atomic E-state index is 0.203. The van der Waals surface area contributed by atoms with Gasteiger partial charge in [-0.05, 0) is 37.3 Å². The third-order valence-electron chi connectivity index (χ3n) is 3.33. The van der Waals surface area contributed by atoms with Gasteiger partial charge in [-0.1, -0.05) is 35.3 Å². The largest absolute Gasteiger partial charge is 0.280 e. The number of halogens is 2. The molecule has 0 atom stereocenters. The van der Waals surface area contributed by atoms with Gasteiger partial charge in [0.2, 0.25) is 0 Å². The Labute approximate surface area is 141 Å². The van der Waals surface area contributed by atoms with Crippen molar-refractivity contribution >= 4 is 40.0 Å². The standard InChI is InChI=1S/C16H11Cl2N3O2/c1-9-19-14-5-3-2-4-12(14)16(23)21(9)20-15(22)11-7-6-10(17)8-13(11)18/h2-8H,1H3,(H,20,22). The molecular weight excluding hydrogens is 337 g/mol. The first-order chi connectivity index (χ1) is 11.0. The summed E-state index contributed by atoms with van der Waals surface area (Å²) in [6, 6.07) is 11.4. The molecule has 0 radical (unpaired) electrons. The van der Waals surface area contributed by atoms with Gasteiger partial charge in [-0.25, -0.2) is 9.66 Å². The molecule has 1 amide bonds. The third-order valence-corrected chi connectivity index (χ3v) is 3.88. The average molecular weight is 348 g/mol.